The summed E-state index contributed by atoms with van der Waals surface area (Å²) in [6.07, 6.45) is 2.66. The fourth-order valence-corrected chi connectivity index (χ4v) is 3.11. The SMILES string of the molecule is CC(Nc1c(Br)ccc(Cl)c1N)c1ccc(C2CC2)cc1. The highest BCUT2D eigenvalue weighted by Crippen LogP contribution is 2.40. The third-order valence-corrected chi connectivity index (χ3v) is 4.98. The molecule has 1 unspecified atom stereocenters. The van der Waals surface area contributed by atoms with Gasteiger partial charge in [0.1, 0.15) is 0 Å². The van der Waals surface area contributed by atoms with Crippen LogP contribution in [-0.4, -0.2) is 0 Å². The van der Waals surface area contributed by atoms with Crippen molar-refractivity contribution in [1.29, 1.82) is 0 Å². The molecule has 3 N–H and O–H groups in total. The van der Waals surface area contributed by atoms with Crippen molar-refractivity contribution in [2.24, 2.45) is 0 Å². The smallest absolute Gasteiger partial charge is 0.0751 e. The molecule has 0 bridgehead atoms. The Morgan fingerprint density at radius 3 is 2.48 bits per heavy atom. The summed E-state index contributed by atoms with van der Waals surface area (Å²) in [4.78, 5) is 0. The van der Waals surface area contributed by atoms with Crippen LogP contribution in [-0.2, 0) is 0 Å². The van der Waals surface area contributed by atoms with E-state index >= 15 is 0 Å². The first kappa shape index (κ1) is 14.7. The Bertz CT molecular complexity index is 651. The number of hydrogen-bond acceptors (Lipinski definition) is 2. The van der Waals surface area contributed by atoms with Crippen molar-refractivity contribution in [3.63, 3.8) is 0 Å². The second-order valence-electron chi connectivity index (χ2n) is 5.62. The molecular formula is C17H18BrClN2. The van der Waals surface area contributed by atoms with Gasteiger partial charge in [-0.2, -0.15) is 0 Å². The van der Waals surface area contributed by atoms with Gasteiger partial charge in [-0.1, -0.05) is 35.9 Å². The van der Waals surface area contributed by atoms with E-state index in [4.69, 9.17) is 17.3 Å². The first-order valence-electron chi connectivity index (χ1n) is 7.16. The number of nitrogens with one attached hydrogen (secondary N) is 1. The highest BCUT2D eigenvalue weighted by Gasteiger charge is 2.23. The molecule has 0 amide bonds. The number of nitrogens with two attached hydrogens (primary N) is 1. The lowest BCUT2D eigenvalue weighted by atomic mass is 10.0. The molecule has 1 fully saturated rings. The maximum absolute atomic E-state index is 6.09. The Labute approximate surface area is 138 Å². The number of halogens is 2. The first-order valence-corrected chi connectivity index (χ1v) is 8.33. The summed E-state index contributed by atoms with van der Waals surface area (Å²) in [6.45, 7) is 2.12. The van der Waals surface area contributed by atoms with Crippen molar-refractivity contribution in [3.05, 3.63) is 57.0 Å². The molecule has 0 aromatic heterocycles. The number of anilines is 2. The number of hydrogen-bond donors (Lipinski definition) is 2. The van der Waals surface area contributed by atoms with Gasteiger partial charge in [0, 0.05) is 10.5 Å². The molecule has 0 aliphatic heterocycles. The molecule has 0 spiro atoms. The number of rotatable bonds is 4. The van der Waals surface area contributed by atoms with Crippen LogP contribution in [0.15, 0.2) is 40.9 Å². The van der Waals surface area contributed by atoms with Gasteiger partial charge in [-0.15, -0.1) is 0 Å². The van der Waals surface area contributed by atoms with Gasteiger partial charge in [0.05, 0.1) is 16.4 Å². The molecule has 110 valence electrons. The topological polar surface area (TPSA) is 38.0 Å². The zero-order valence-electron chi connectivity index (χ0n) is 11.9. The lowest BCUT2D eigenvalue weighted by molar-refractivity contribution is 0.882. The minimum Gasteiger partial charge on any atom is -0.396 e. The second kappa shape index (κ2) is 5.90. The zero-order valence-corrected chi connectivity index (χ0v) is 14.2. The van der Waals surface area contributed by atoms with Gasteiger partial charge in [-0.05, 0) is 64.9 Å². The maximum Gasteiger partial charge on any atom is 0.0751 e. The second-order valence-corrected chi connectivity index (χ2v) is 6.89. The highest BCUT2D eigenvalue weighted by molar-refractivity contribution is 9.10. The molecular weight excluding hydrogens is 348 g/mol. The first-order chi connectivity index (χ1) is 10.1. The van der Waals surface area contributed by atoms with Gasteiger partial charge in [0.15, 0.2) is 0 Å². The quantitative estimate of drug-likeness (QED) is 0.678. The van der Waals surface area contributed by atoms with Crippen molar-refractivity contribution in [1.82, 2.24) is 0 Å². The molecule has 0 heterocycles. The Kier molecular flexibility index (Phi) is 4.14. The zero-order chi connectivity index (χ0) is 15.0. The van der Waals surface area contributed by atoms with Crippen LogP contribution in [0.25, 0.3) is 0 Å². The lowest BCUT2D eigenvalue weighted by Gasteiger charge is -2.19. The third kappa shape index (κ3) is 3.19. The van der Waals surface area contributed by atoms with E-state index in [1.807, 2.05) is 6.07 Å². The predicted octanol–water partition coefficient (Wildman–Crippen LogP) is 5.74. The Morgan fingerprint density at radius 1 is 1.19 bits per heavy atom. The van der Waals surface area contributed by atoms with Crippen LogP contribution in [0.2, 0.25) is 5.02 Å². The molecule has 3 rings (SSSR count). The summed E-state index contributed by atoms with van der Waals surface area (Å²) < 4.78 is 0.922. The minimum absolute atomic E-state index is 0.162. The lowest BCUT2D eigenvalue weighted by Crippen LogP contribution is -2.09. The van der Waals surface area contributed by atoms with E-state index in [2.05, 4.69) is 52.4 Å². The normalized spacial score (nSPS) is 15.8. The van der Waals surface area contributed by atoms with E-state index in [0.29, 0.717) is 10.7 Å². The van der Waals surface area contributed by atoms with Crippen LogP contribution in [0.3, 0.4) is 0 Å². The molecule has 1 aliphatic rings. The molecule has 1 atom stereocenters. The average Bonchev–Trinajstić information content (AvgIpc) is 3.32. The van der Waals surface area contributed by atoms with Gasteiger partial charge in [-0.3, -0.25) is 0 Å². The van der Waals surface area contributed by atoms with Crippen LogP contribution < -0.4 is 11.1 Å². The molecule has 21 heavy (non-hydrogen) atoms. The standard InChI is InChI=1S/C17H18BrClN2/c1-10(11-2-4-12(5-3-11)13-6-7-13)21-17-14(18)8-9-15(19)16(17)20/h2-5,8-10,13,21H,6-7,20H2,1H3. The molecule has 0 radical (unpaired) electrons. The summed E-state index contributed by atoms with van der Waals surface area (Å²) in [5.41, 5.74) is 10.2. The van der Waals surface area contributed by atoms with Crippen LogP contribution in [0.5, 0.6) is 0 Å². The molecule has 2 aromatic rings. The van der Waals surface area contributed by atoms with Gasteiger partial charge in [0.2, 0.25) is 0 Å². The maximum atomic E-state index is 6.09. The Morgan fingerprint density at radius 2 is 1.86 bits per heavy atom. The van der Waals surface area contributed by atoms with E-state index in [0.717, 1.165) is 16.1 Å². The summed E-state index contributed by atoms with van der Waals surface area (Å²) >= 11 is 9.61. The van der Waals surface area contributed by atoms with E-state index in [-0.39, 0.29) is 6.04 Å². The summed E-state index contributed by atoms with van der Waals surface area (Å²) in [6, 6.07) is 12.7. The largest absolute Gasteiger partial charge is 0.396 e. The monoisotopic (exact) mass is 364 g/mol. The van der Waals surface area contributed by atoms with Crippen molar-refractivity contribution < 1.29 is 0 Å². The minimum atomic E-state index is 0.162. The van der Waals surface area contributed by atoms with Crippen LogP contribution in [0, 0.1) is 0 Å². The van der Waals surface area contributed by atoms with Crippen LogP contribution in [0.4, 0.5) is 11.4 Å². The molecule has 2 nitrogen and oxygen atoms in total. The predicted molar refractivity (Wildman–Crippen MR) is 94.0 cm³/mol. The van der Waals surface area contributed by atoms with Crippen molar-refractivity contribution in [3.8, 4) is 0 Å². The van der Waals surface area contributed by atoms with E-state index < -0.39 is 0 Å². The average molecular weight is 366 g/mol. The number of benzene rings is 2. The van der Waals surface area contributed by atoms with Crippen LogP contribution >= 0.6 is 27.5 Å². The summed E-state index contributed by atoms with van der Waals surface area (Å²) in [5, 5.41) is 4.01. The molecule has 1 aliphatic carbocycles. The fraction of sp³-hybridized carbons (Fsp3) is 0.294. The molecule has 1 saturated carbocycles. The number of nitrogen functional groups attached to an aromatic ring is 1. The molecule has 0 saturated heterocycles. The van der Waals surface area contributed by atoms with E-state index in [9.17, 15) is 0 Å². The summed E-state index contributed by atoms with van der Waals surface area (Å²) in [5.74, 6) is 0.792. The Balaban J connectivity index is 1.79. The van der Waals surface area contributed by atoms with Crippen molar-refractivity contribution in [2.75, 3.05) is 11.1 Å². The van der Waals surface area contributed by atoms with Gasteiger partial charge >= 0.3 is 0 Å². The third-order valence-electron chi connectivity index (χ3n) is 3.99. The van der Waals surface area contributed by atoms with Crippen LogP contribution in [0.1, 0.15) is 42.9 Å². The van der Waals surface area contributed by atoms with Gasteiger partial charge in [0.25, 0.3) is 0 Å². The van der Waals surface area contributed by atoms with Gasteiger partial charge < -0.3 is 11.1 Å². The van der Waals surface area contributed by atoms with Gasteiger partial charge in [-0.25, -0.2) is 0 Å². The fourth-order valence-electron chi connectivity index (χ4n) is 2.49. The molecule has 4 heteroatoms. The highest BCUT2D eigenvalue weighted by atomic mass is 79.9. The van der Waals surface area contributed by atoms with E-state index in [1.165, 1.54) is 24.0 Å². The van der Waals surface area contributed by atoms with E-state index in [1.54, 1.807) is 6.07 Å². The summed E-state index contributed by atoms with van der Waals surface area (Å²) in [7, 11) is 0. The van der Waals surface area contributed by atoms with Crippen molar-refractivity contribution in [2.45, 2.75) is 31.7 Å². The Hall–Kier alpha value is -1.19. The molecule has 2 aromatic carbocycles. The van der Waals surface area contributed by atoms with Crippen molar-refractivity contribution >= 4 is 38.9 Å².